The van der Waals surface area contributed by atoms with Gasteiger partial charge in [0.2, 0.25) is 5.91 Å². The Morgan fingerprint density at radius 1 is 1.07 bits per heavy atom. The molecule has 1 aromatic heterocycles. The van der Waals surface area contributed by atoms with Crippen molar-refractivity contribution in [2.24, 2.45) is 11.8 Å². The molecule has 1 aromatic rings. The summed E-state index contributed by atoms with van der Waals surface area (Å²) in [4.78, 5) is 17.4. The average molecular weight is 375 g/mol. The largest absolute Gasteiger partial charge is 0.342 e. The van der Waals surface area contributed by atoms with Gasteiger partial charge in [-0.25, -0.2) is 0 Å². The molecule has 7 nitrogen and oxygen atoms in total. The van der Waals surface area contributed by atoms with E-state index in [2.05, 4.69) is 31.6 Å². The first kappa shape index (κ1) is 18.9. The summed E-state index contributed by atoms with van der Waals surface area (Å²) >= 11 is 0. The molecule has 4 rings (SSSR count). The maximum atomic E-state index is 12.9. The molecular weight excluding hydrogens is 340 g/mol. The van der Waals surface area contributed by atoms with Gasteiger partial charge in [0.1, 0.15) is 0 Å². The molecule has 3 fully saturated rings. The van der Waals surface area contributed by atoms with Gasteiger partial charge in [0.05, 0.1) is 5.69 Å². The van der Waals surface area contributed by atoms with Gasteiger partial charge in [-0.05, 0) is 31.6 Å². The van der Waals surface area contributed by atoms with Crippen molar-refractivity contribution >= 4 is 5.91 Å². The summed E-state index contributed by atoms with van der Waals surface area (Å²) in [5.74, 6) is 1.20. The summed E-state index contributed by atoms with van der Waals surface area (Å²) in [6.45, 7) is 7.87. The van der Waals surface area contributed by atoms with E-state index in [0.717, 1.165) is 77.3 Å². The van der Waals surface area contributed by atoms with Gasteiger partial charge in [0.15, 0.2) is 0 Å². The van der Waals surface area contributed by atoms with Gasteiger partial charge in [-0.1, -0.05) is 24.5 Å². The first-order valence-electron chi connectivity index (χ1n) is 10.9. The molecule has 7 heteroatoms. The number of hydrogen-bond acceptors (Lipinski definition) is 5. The molecule has 1 aliphatic carbocycles. The van der Waals surface area contributed by atoms with Crippen molar-refractivity contribution in [3.05, 3.63) is 11.9 Å². The fourth-order valence-electron chi connectivity index (χ4n) is 4.89. The summed E-state index contributed by atoms with van der Waals surface area (Å²) in [5, 5.41) is 12.1. The van der Waals surface area contributed by atoms with E-state index >= 15 is 0 Å². The second kappa shape index (κ2) is 9.15. The molecule has 0 aromatic carbocycles. The van der Waals surface area contributed by atoms with Crippen LogP contribution in [0.15, 0.2) is 6.20 Å². The molecule has 0 radical (unpaired) electrons. The highest BCUT2D eigenvalue weighted by molar-refractivity contribution is 5.79. The molecule has 150 valence electrons. The lowest BCUT2D eigenvalue weighted by Gasteiger charge is -2.35. The maximum Gasteiger partial charge on any atom is 0.225 e. The third kappa shape index (κ3) is 5.08. The number of aromatic nitrogens is 3. The number of piperidine rings is 1. The minimum absolute atomic E-state index is 0.287. The Morgan fingerprint density at radius 3 is 2.70 bits per heavy atom. The van der Waals surface area contributed by atoms with Gasteiger partial charge in [0, 0.05) is 64.5 Å². The number of carbonyl (C=O) groups is 1. The lowest BCUT2D eigenvalue weighted by molar-refractivity contribution is -0.138. The Hall–Kier alpha value is -1.47. The van der Waals surface area contributed by atoms with E-state index in [4.69, 9.17) is 0 Å². The predicted octanol–water partition coefficient (Wildman–Crippen LogP) is 1.50. The number of amides is 1. The Morgan fingerprint density at radius 2 is 1.89 bits per heavy atom. The highest BCUT2D eigenvalue weighted by Crippen LogP contribution is 2.28. The highest BCUT2D eigenvalue weighted by Gasteiger charge is 2.30. The standard InChI is InChI=1S/C20H34N6O/c27-20(18-6-2-1-3-7-18)25-10-4-5-17(13-25)14-26-16-19(22-23-26)15-24-11-8-21-9-12-24/h16-18,21H,1-15H2/t17-/m1/s1. The van der Waals surface area contributed by atoms with E-state index in [1.165, 1.54) is 25.7 Å². The molecule has 3 aliphatic rings. The van der Waals surface area contributed by atoms with Crippen LogP contribution in [-0.2, 0) is 17.9 Å². The van der Waals surface area contributed by atoms with Crippen molar-refractivity contribution in [3.8, 4) is 0 Å². The summed E-state index contributed by atoms with van der Waals surface area (Å²) in [7, 11) is 0. The zero-order chi connectivity index (χ0) is 18.5. The molecule has 2 saturated heterocycles. The zero-order valence-electron chi connectivity index (χ0n) is 16.5. The van der Waals surface area contributed by atoms with E-state index in [9.17, 15) is 4.79 Å². The number of hydrogen-bond donors (Lipinski definition) is 1. The summed E-state index contributed by atoms with van der Waals surface area (Å²) < 4.78 is 2.00. The van der Waals surface area contributed by atoms with Crippen molar-refractivity contribution in [2.45, 2.75) is 58.0 Å². The number of carbonyl (C=O) groups excluding carboxylic acids is 1. The first-order chi connectivity index (χ1) is 13.3. The smallest absolute Gasteiger partial charge is 0.225 e. The van der Waals surface area contributed by atoms with Crippen molar-refractivity contribution < 1.29 is 4.79 Å². The number of nitrogens with zero attached hydrogens (tertiary/aromatic N) is 5. The lowest BCUT2D eigenvalue weighted by atomic mass is 9.87. The van der Waals surface area contributed by atoms with Gasteiger partial charge in [-0.3, -0.25) is 14.4 Å². The fourth-order valence-corrected chi connectivity index (χ4v) is 4.89. The van der Waals surface area contributed by atoms with Crippen molar-refractivity contribution in [2.75, 3.05) is 39.3 Å². The van der Waals surface area contributed by atoms with Crippen molar-refractivity contribution in [3.63, 3.8) is 0 Å². The highest BCUT2D eigenvalue weighted by atomic mass is 16.2. The van der Waals surface area contributed by atoms with Gasteiger partial charge in [0.25, 0.3) is 0 Å². The van der Waals surface area contributed by atoms with Gasteiger partial charge >= 0.3 is 0 Å². The molecule has 1 N–H and O–H groups in total. The van der Waals surface area contributed by atoms with Crippen LogP contribution >= 0.6 is 0 Å². The number of rotatable bonds is 5. The molecule has 1 amide bonds. The molecular formula is C20H34N6O. The predicted molar refractivity (Wildman–Crippen MR) is 104 cm³/mol. The van der Waals surface area contributed by atoms with Crippen LogP contribution in [0.2, 0.25) is 0 Å². The van der Waals surface area contributed by atoms with Crippen molar-refractivity contribution in [1.29, 1.82) is 0 Å². The summed E-state index contributed by atoms with van der Waals surface area (Å²) in [6, 6.07) is 0. The molecule has 1 atom stereocenters. The Labute approximate surface area is 162 Å². The van der Waals surface area contributed by atoms with Crippen LogP contribution in [0.1, 0.15) is 50.6 Å². The quantitative estimate of drug-likeness (QED) is 0.846. The second-order valence-electron chi connectivity index (χ2n) is 8.59. The van der Waals surface area contributed by atoms with Crippen molar-refractivity contribution in [1.82, 2.24) is 30.1 Å². The molecule has 0 bridgehead atoms. The second-order valence-corrected chi connectivity index (χ2v) is 8.59. The topological polar surface area (TPSA) is 66.3 Å². The zero-order valence-corrected chi connectivity index (χ0v) is 16.5. The average Bonchev–Trinajstić information content (AvgIpc) is 3.16. The van der Waals surface area contributed by atoms with Crippen LogP contribution in [0.5, 0.6) is 0 Å². The maximum absolute atomic E-state index is 12.9. The van der Waals surface area contributed by atoms with Crippen LogP contribution in [0.3, 0.4) is 0 Å². The first-order valence-corrected chi connectivity index (χ1v) is 10.9. The van der Waals surface area contributed by atoms with Crippen LogP contribution in [0.25, 0.3) is 0 Å². The van der Waals surface area contributed by atoms with Gasteiger partial charge in [-0.15, -0.1) is 5.10 Å². The Balaban J connectivity index is 1.28. The normalized spacial score (nSPS) is 25.6. The number of likely N-dealkylation sites (tertiary alicyclic amines) is 1. The fraction of sp³-hybridized carbons (Fsp3) is 0.850. The number of nitrogens with one attached hydrogen (secondary N) is 1. The monoisotopic (exact) mass is 374 g/mol. The van der Waals surface area contributed by atoms with Crippen LogP contribution < -0.4 is 5.32 Å². The van der Waals surface area contributed by atoms with E-state index in [1.807, 2.05) is 4.68 Å². The van der Waals surface area contributed by atoms with Gasteiger partial charge < -0.3 is 10.2 Å². The van der Waals surface area contributed by atoms with Crippen LogP contribution in [-0.4, -0.2) is 70.0 Å². The number of piperazine rings is 1. The SMILES string of the molecule is O=C(C1CCCCC1)N1CCC[C@@H](Cn2cc(CN3CCNCC3)nn2)C1. The lowest BCUT2D eigenvalue weighted by Crippen LogP contribution is -2.44. The minimum Gasteiger partial charge on any atom is -0.342 e. The van der Waals surface area contributed by atoms with Crippen LogP contribution in [0.4, 0.5) is 0 Å². The molecule has 27 heavy (non-hydrogen) atoms. The molecule has 0 unspecified atom stereocenters. The van der Waals surface area contributed by atoms with Crippen LogP contribution in [0, 0.1) is 11.8 Å². The minimum atomic E-state index is 0.287. The third-order valence-electron chi connectivity index (χ3n) is 6.41. The summed E-state index contributed by atoms with van der Waals surface area (Å²) in [5.41, 5.74) is 1.06. The molecule has 2 aliphatic heterocycles. The Bertz CT molecular complexity index is 605. The van der Waals surface area contributed by atoms with E-state index in [0.29, 0.717) is 11.8 Å². The third-order valence-corrected chi connectivity index (χ3v) is 6.41. The Kier molecular flexibility index (Phi) is 6.39. The van der Waals surface area contributed by atoms with Gasteiger partial charge in [-0.2, -0.15) is 0 Å². The van der Waals surface area contributed by atoms with E-state index < -0.39 is 0 Å². The van der Waals surface area contributed by atoms with E-state index in [1.54, 1.807) is 0 Å². The summed E-state index contributed by atoms with van der Waals surface area (Å²) in [6.07, 6.45) is 10.3. The molecule has 1 saturated carbocycles. The van der Waals surface area contributed by atoms with E-state index in [-0.39, 0.29) is 5.92 Å². The molecule has 3 heterocycles. The molecule has 0 spiro atoms.